The molecule has 0 bridgehead atoms. The Bertz CT molecular complexity index is 1340. The maximum absolute atomic E-state index is 2.51. The third kappa shape index (κ3) is 6.66. The third-order valence-electron chi connectivity index (χ3n) is 7.81. The van der Waals surface area contributed by atoms with E-state index in [2.05, 4.69) is 162 Å². The Morgan fingerprint density at radius 1 is 0.359 bits per heavy atom. The summed E-state index contributed by atoms with van der Waals surface area (Å²) in [6, 6.07) is 30.9. The van der Waals surface area contributed by atoms with E-state index in [1.807, 2.05) is 0 Å². The van der Waals surface area contributed by atoms with Crippen LogP contribution in [0, 0.1) is 0 Å². The molecule has 0 aromatic heterocycles. The molecule has 4 rings (SSSR count). The quantitative estimate of drug-likeness (QED) is 0.229. The van der Waals surface area contributed by atoms with Crippen molar-refractivity contribution in [3.8, 4) is 0 Å². The molecular formula is C38H49P. The summed E-state index contributed by atoms with van der Waals surface area (Å²) in [4.78, 5) is 0. The van der Waals surface area contributed by atoms with Gasteiger partial charge in [-0.1, -0.05) is 156 Å². The Morgan fingerprint density at radius 2 is 0.718 bits per heavy atom. The average Bonchev–Trinajstić information content (AvgIpc) is 2.81. The molecule has 0 fully saturated rings. The van der Waals surface area contributed by atoms with Crippen molar-refractivity contribution in [2.24, 2.45) is 0 Å². The van der Waals surface area contributed by atoms with E-state index in [4.69, 9.17) is 0 Å². The molecule has 4 aromatic rings. The second-order valence-electron chi connectivity index (χ2n) is 15.4. The van der Waals surface area contributed by atoms with E-state index in [9.17, 15) is 0 Å². The number of hydrogen-bond acceptors (Lipinski definition) is 0. The summed E-state index contributed by atoms with van der Waals surface area (Å²) >= 11 is 0. The van der Waals surface area contributed by atoms with Gasteiger partial charge in [0.05, 0.1) is 0 Å². The van der Waals surface area contributed by atoms with Crippen molar-refractivity contribution in [1.29, 1.82) is 0 Å². The van der Waals surface area contributed by atoms with E-state index in [1.165, 1.54) is 48.9 Å². The van der Waals surface area contributed by atoms with Gasteiger partial charge in [-0.25, -0.2) is 0 Å². The Labute approximate surface area is 240 Å². The maximum atomic E-state index is 2.51. The minimum absolute atomic E-state index is 0.0736. The topological polar surface area (TPSA) is 0 Å². The second kappa shape index (κ2) is 10.2. The van der Waals surface area contributed by atoms with E-state index >= 15 is 0 Å². The van der Waals surface area contributed by atoms with Gasteiger partial charge in [0.25, 0.3) is 0 Å². The van der Waals surface area contributed by atoms with Gasteiger partial charge in [0.2, 0.25) is 0 Å². The Hall–Kier alpha value is -2.43. The molecule has 0 saturated heterocycles. The van der Waals surface area contributed by atoms with Gasteiger partial charge < -0.3 is 0 Å². The van der Waals surface area contributed by atoms with Crippen LogP contribution in [0.4, 0.5) is 0 Å². The monoisotopic (exact) mass is 536 g/mol. The fraction of sp³-hybridized carbons (Fsp3) is 0.421. The van der Waals surface area contributed by atoms with Crippen molar-refractivity contribution in [2.75, 3.05) is 0 Å². The molecule has 0 unspecified atom stereocenters. The van der Waals surface area contributed by atoms with Crippen LogP contribution in [0.15, 0.2) is 78.9 Å². The van der Waals surface area contributed by atoms with Crippen molar-refractivity contribution < 1.29 is 0 Å². The highest BCUT2D eigenvalue weighted by atomic mass is 31.1. The lowest BCUT2D eigenvalue weighted by atomic mass is 9.81. The standard InChI is InChI=1S/C38H49P/c1-35(2,3)28-20-29(36(4,5)6)23-33(22-28)39(32-18-17-26-15-13-14-16-27(26)19-32)34-24-30(37(7,8)9)21-31(25-34)38(10,11)12/h13-25H,1-12H3. The number of benzene rings is 4. The predicted octanol–water partition coefficient (Wildman–Crippen LogP) is 9.79. The smallest absolute Gasteiger partial charge is 0.0132 e. The van der Waals surface area contributed by atoms with Crippen molar-refractivity contribution in [3.63, 3.8) is 0 Å². The normalized spacial score (nSPS) is 13.4. The van der Waals surface area contributed by atoms with Crippen molar-refractivity contribution in [1.82, 2.24) is 0 Å². The summed E-state index contributed by atoms with van der Waals surface area (Å²) < 4.78 is 0. The summed E-state index contributed by atoms with van der Waals surface area (Å²) in [6.45, 7) is 28.1. The summed E-state index contributed by atoms with van der Waals surface area (Å²) in [5, 5.41) is 6.93. The molecule has 0 atom stereocenters. The summed E-state index contributed by atoms with van der Waals surface area (Å²) in [5.74, 6) is 0. The van der Waals surface area contributed by atoms with E-state index in [0.717, 1.165) is 0 Å². The first-order chi connectivity index (χ1) is 17.8. The van der Waals surface area contributed by atoms with Crippen LogP contribution in [0.3, 0.4) is 0 Å². The summed E-state index contributed by atoms with van der Waals surface area (Å²) in [5.41, 5.74) is 5.97. The van der Waals surface area contributed by atoms with Crippen molar-refractivity contribution >= 4 is 34.6 Å². The highest BCUT2D eigenvalue weighted by molar-refractivity contribution is 7.79. The minimum Gasteiger partial charge on any atom is -0.0616 e. The predicted molar refractivity (Wildman–Crippen MR) is 177 cm³/mol. The van der Waals surface area contributed by atoms with Crippen LogP contribution in [0.2, 0.25) is 0 Å². The molecule has 1 heteroatoms. The number of hydrogen-bond donors (Lipinski definition) is 0. The first-order valence-corrected chi connectivity index (χ1v) is 15.8. The Balaban J connectivity index is 2.10. The molecule has 0 nitrogen and oxygen atoms in total. The number of rotatable bonds is 3. The fourth-order valence-corrected chi connectivity index (χ4v) is 7.43. The van der Waals surface area contributed by atoms with Crippen LogP contribution in [-0.2, 0) is 21.7 Å². The molecule has 206 valence electrons. The van der Waals surface area contributed by atoms with Crippen LogP contribution < -0.4 is 15.9 Å². The molecule has 0 aliphatic heterocycles. The average molecular weight is 537 g/mol. The van der Waals surface area contributed by atoms with Gasteiger partial charge >= 0.3 is 0 Å². The molecule has 0 amide bonds. The zero-order valence-corrected chi connectivity index (χ0v) is 27.3. The van der Waals surface area contributed by atoms with Gasteiger partial charge in [-0.3, -0.25) is 0 Å². The first kappa shape index (κ1) is 29.6. The number of fused-ring (bicyclic) bond motifs is 1. The van der Waals surface area contributed by atoms with E-state index < -0.39 is 7.92 Å². The first-order valence-electron chi connectivity index (χ1n) is 14.5. The molecule has 0 heterocycles. The SMILES string of the molecule is CC(C)(C)c1cc(P(c2cc(C(C)(C)C)cc(C(C)(C)C)c2)c2ccc3ccccc3c2)cc(C(C)(C)C)c1. The summed E-state index contributed by atoms with van der Waals surface area (Å²) in [6.07, 6.45) is 0. The molecular weight excluding hydrogens is 487 g/mol. The van der Waals surface area contributed by atoms with Crippen LogP contribution in [0.5, 0.6) is 0 Å². The van der Waals surface area contributed by atoms with Gasteiger partial charge in [0.1, 0.15) is 0 Å². The van der Waals surface area contributed by atoms with E-state index in [-0.39, 0.29) is 21.7 Å². The Kier molecular flexibility index (Phi) is 7.73. The second-order valence-corrected chi connectivity index (χ2v) is 17.6. The van der Waals surface area contributed by atoms with Crippen LogP contribution in [0.1, 0.15) is 105 Å². The van der Waals surface area contributed by atoms with Crippen LogP contribution in [-0.4, -0.2) is 0 Å². The van der Waals surface area contributed by atoms with Gasteiger partial charge in [0, 0.05) is 0 Å². The Morgan fingerprint density at radius 3 is 1.08 bits per heavy atom. The largest absolute Gasteiger partial charge is 0.0616 e. The molecule has 0 radical (unpaired) electrons. The van der Waals surface area contributed by atoms with Gasteiger partial charge in [-0.05, 0) is 84.6 Å². The maximum Gasteiger partial charge on any atom is -0.0132 e. The zero-order chi connectivity index (χ0) is 29.0. The van der Waals surface area contributed by atoms with Crippen molar-refractivity contribution in [3.05, 3.63) is 101 Å². The molecule has 4 aromatic carbocycles. The molecule has 0 N–H and O–H groups in total. The fourth-order valence-electron chi connectivity index (χ4n) is 4.98. The molecule has 0 saturated carbocycles. The molecule has 0 aliphatic rings. The lowest BCUT2D eigenvalue weighted by Gasteiger charge is -2.31. The highest BCUT2D eigenvalue weighted by Crippen LogP contribution is 2.40. The zero-order valence-electron chi connectivity index (χ0n) is 26.5. The van der Waals surface area contributed by atoms with Crippen LogP contribution >= 0.6 is 7.92 Å². The van der Waals surface area contributed by atoms with Gasteiger partial charge in [0.15, 0.2) is 0 Å². The molecule has 0 aliphatic carbocycles. The molecule has 0 spiro atoms. The third-order valence-corrected chi connectivity index (χ3v) is 10.2. The van der Waals surface area contributed by atoms with E-state index in [1.54, 1.807) is 0 Å². The lowest BCUT2D eigenvalue weighted by Crippen LogP contribution is -2.28. The highest BCUT2D eigenvalue weighted by Gasteiger charge is 2.28. The van der Waals surface area contributed by atoms with Crippen molar-refractivity contribution in [2.45, 2.75) is 105 Å². The van der Waals surface area contributed by atoms with Gasteiger partial charge in [-0.15, -0.1) is 0 Å². The summed E-state index contributed by atoms with van der Waals surface area (Å²) in [7, 11) is -0.773. The van der Waals surface area contributed by atoms with E-state index in [0.29, 0.717) is 0 Å². The lowest BCUT2D eigenvalue weighted by molar-refractivity contribution is 0.569. The van der Waals surface area contributed by atoms with Gasteiger partial charge in [-0.2, -0.15) is 0 Å². The molecule has 39 heavy (non-hydrogen) atoms. The van der Waals surface area contributed by atoms with Crippen LogP contribution in [0.25, 0.3) is 10.8 Å². The minimum atomic E-state index is -0.773.